The van der Waals surface area contributed by atoms with Crippen LogP contribution in [0.5, 0.6) is 0 Å². The highest BCUT2D eigenvalue weighted by Crippen LogP contribution is 2.33. The van der Waals surface area contributed by atoms with Crippen molar-refractivity contribution in [3.8, 4) is 0 Å². The number of carbonyl (C=O) groups excluding carboxylic acids is 2. The fourth-order valence-corrected chi connectivity index (χ4v) is 4.52. The lowest BCUT2D eigenvalue weighted by Crippen LogP contribution is -2.52. The van der Waals surface area contributed by atoms with Gasteiger partial charge in [0, 0.05) is 43.9 Å². The molecule has 2 heterocycles. The van der Waals surface area contributed by atoms with Gasteiger partial charge in [-0.25, -0.2) is 0 Å². The van der Waals surface area contributed by atoms with Crippen molar-refractivity contribution in [2.75, 3.05) is 25.0 Å². The van der Waals surface area contributed by atoms with Gasteiger partial charge in [0.2, 0.25) is 5.91 Å². The number of piperidine rings is 1. The number of carbonyl (C=O) groups is 2. The molecule has 0 aliphatic carbocycles. The minimum absolute atomic E-state index is 0.00986. The van der Waals surface area contributed by atoms with E-state index in [0.717, 1.165) is 18.7 Å². The summed E-state index contributed by atoms with van der Waals surface area (Å²) in [4.78, 5) is 29.4. The highest BCUT2D eigenvalue weighted by atomic mass is 16.2. The van der Waals surface area contributed by atoms with Crippen molar-refractivity contribution in [1.29, 1.82) is 0 Å². The summed E-state index contributed by atoms with van der Waals surface area (Å²) < 4.78 is 0. The summed E-state index contributed by atoms with van der Waals surface area (Å²) in [5.74, 6) is 0.627. The Balaban J connectivity index is 1.46. The second-order valence-electron chi connectivity index (χ2n) is 8.51. The van der Waals surface area contributed by atoms with Gasteiger partial charge in [-0.2, -0.15) is 0 Å². The van der Waals surface area contributed by atoms with E-state index in [-0.39, 0.29) is 23.8 Å². The zero-order valence-corrected chi connectivity index (χ0v) is 17.4. The Morgan fingerprint density at radius 1 is 1.14 bits per heavy atom. The molecule has 2 saturated heterocycles. The zero-order chi connectivity index (χ0) is 20.5. The zero-order valence-electron chi connectivity index (χ0n) is 17.4. The van der Waals surface area contributed by atoms with E-state index in [1.54, 1.807) is 4.90 Å². The van der Waals surface area contributed by atoms with Crippen LogP contribution in [0.1, 0.15) is 34.8 Å². The largest absolute Gasteiger partial charge is 0.370 e. The predicted octanol–water partition coefficient (Wildman–Crippen LogP) is 3.23. The van der Waals surface area contributed by atoms with Crippen LogP contribution in [0.15, 0.2) is 48.5 Å². The average Bonchev–Trinajstić information content (AvgIpc) is 3.12. The lowest BCUT2D eigenvalue weighted by molar-refractivity contribution is -0.124. The van der Waals surface area contributed by atoms with Crippen LogP contribution in [0.2, 0.25) is 0 Å². The van der Waals surface area contributed by atoms with Crippen molar-refractivity contribution < 1.29 is 9.59 Å². The maximum atomic E-state index is 13.1. The van der Waals surface area contributed by atoms with Crippen LogP contribution in [0, 0.1) is 18.8 Å². The molecule has 2 aromatic rings. The van der Waals surface area contributed by atoms with Crippen LogP contribution in [0.25, 0.3) is 0 Å². The number of anilines is 1. The first-order valence-corrected chi connectivity index (χ1v) is 10.4. The lowest BCUT2D eigenvalue weighted by atomic mass is 9.82. The smallest absolute Gasteiger partial charge is 0.254 e. The first kappa shape index (κ1) is 19.5. The molecule has 3 unspecified atom stereocenters. The van der Waals surface area contributed by atoms with Gasteiger partial charge in [0.1, 0.15) is 6.04 Å². The average molecular weight is 392 g/mol. The summed E-state index contributed by atoms with van der Waals surface area (Å²) >= 11 is 0. The van der Waals surface area contributed by atoms with Crippen molar-refractivity contribution in [2.45, 2.75) is 32.9 Å². The van der Waals surface area contributed by atoms with E-state index in [1.165, 1.54) is 11.1 Å². The molecule has 0 aromatic heterocycles. The van der Waals surface area contributed by atoms with Gasteiger partial charge in [0.05, 0.1) is 0 Å². The highest BCUT2D eigenvalue weighted by molar-refractivity contribution is 5.98. The summed E-state index contributed by atoms with van der Waals surface area (Å²) in [7, 11) is 2.05. The standard InChI is InChI=1S/C24H29N3O2/c1-16-4-6-18(7-5-16)15-26(3)20-10-8-19(9-11-20)24(29)27-13-12-17(2)21-14-25-23(28)22(21)27/h4-11,17,21-22H,12-15H2,1-3H3,(H,25,28). The predicted molar refractivity (Wildman–Crippen MR) is 115 cm³/mol. The molecule has 2 aromatic carbocycles. The molecule has 2 amide bonds. The Morgan fingerprint density at radius 3 is 2.52 bits per heavy atom. The molecule has 5 heteroatoms. The summed E-state index contributed by atoms with van der Waals surface area (Å²) in [6, 6.07) is 15.9. The highest BCUT2D eigenvalue weighted by Gasteiger charge is 2.46. The lowest BCUT2D eigenvalue weighted by Gasteiger charge is -2.39. The summed E-state index contributed by atoms with van der Waals surface area (Å²) in [6.07, 6.45) is 0.944. The molecular weight excluding hydrogens is 362 g/mol. The van der Waals surface area contributed by atoms with Gasteiger partial charge < -0.3 is 15.1 Å². The normalized spacial score (nSPS) is 23.5. The van der Waals surface area contributed by atoms with Crippen molar-refractivity contribution in [3.63, 3.8) is 0 Å². The fourth-order valence-electron chi connectivity index (χ4n) is 4.52. The molecule has 5 nitrogen and oxygen atoms in total. The molecule has 29 heavy (non-hydrogen) atoms. The van der Waals surface area contributed by atoms with Crippen LogP contribution in [0.3, 0.4) is 0 Å². The molecule has 152 valence electrons. The number of nitrogens with one attached hydrogen (secondary N) is 1. The van der Waals surface area contributed by atoms with Gasteiger partial charge in [-0.15, -0.1) is 0 Å². The van der Waals surface area contributed by atoms with Crippen molar-refractivity contribution >= 4 is 17.5 Å². The number of rotatable bonds is 4. The first-order chi connectivity index (χ1) is 13.9. The number of amides is 2. The second kappa shape index (κ2) is 7.90. The van der Waals surface area contributed by atoms with Crippen molar-refractivity contribution in [1.82, 2.24) is 10.2 Å². The minimum Gasteiger partial charge on any atom is -0.370 e. The SMILES string of the molecule is Cc1ccc(CN(C)c2ccc(C(=O)N3CCC(C)C4CNC(=O)C43)cc2)cc1. The Bertz CT molecular complexity index is 891. The third kappa shape index (κ3) is 3.86. The molecular formula is C24H29N3O2. The van der Waals surface area contributed by atoms with Gasteiger partial charge in [-0.05, 0) is 49.1 Å². The van der Waals surface area contributed by atoms with Crippen LogP contribution in [-0.4, -0.2) is 42.9 Å². The topological polar surface area (TPSA) is 52.7 Å². The molecule has 3 atom stereocenters. The molecule has 0 saturated carbocycles. The number of fused-ring (bicyclic) bond motifs is 1. The van der Waals surface area contributed by atoms with E-state index >= 15 is 0 Å². The number of nitrogens with zero attached hydrogens (tertiary/aromatic N) is 2. The van der Waals surface area contributed by atoms with Crippen LogP contribution in [0.4, 0.5) is 5.69 Å². The molecule has 0 spiro atoms. The fraction of sp³-hybridized carbons (Fsp3) is 0.417. The van der Waals surface area contributed by atoms with Gasteiger partial charge >= 0.3 is 0 Å². The first-order valence-electron chi connectivity index (χ1n) is 10.4. The summed E-state index contributed by atoms with van der Waals surface area (Å²) in [5.41, 5.74) is 4.21. The van der Waals surface area contributed by atoms with Gasteiger partial charge in [0.25, 0.3) is 5.91 Å². The van der Waals surface area contributed by atoms with E-state index in [2.05, 4.69) is 55.4 Å². The molecule has 4 rings (SSSR count). The quantitative estimate of drug-likeness (QED) is 0.871. The molecule has 2 aliphatic rings. The summed E-state index contributed by atoms with van der Waals surface area (Å²) in [6.45, 7) is 6.39. The number of likely N-dealkylation sites (tertiary alicyclic amines) is 1. The Hall–Kier alpha value is -2.82. The Labute approximate surface area is 172 Å². The molecule has 0 bridgehead atoms. The Kier molecular flexibility index (Phi) is 5.31. The molecule has 2 fully saturated rings. The monoisotopic (exact) mass is 391 g/mol. The number of hydrogen-bond donors (Lipinski definition) is 1. The Morgan fingerprint density at radius 2 is 1.83 bits per heavy atom. The third-order valence-corrected chi connectivity index (χ3v) is 6.43. The van der Waals surface area contributed by atoms with E-state index < -0.39 is 0 Å². The molecule has 0 radical (unpaired) electrons. The second-order valence-corrected chi connectivity index (χ2v) is 8.51. The van der Waals surface area contributed by atoms with Gasteiger partial charge in [-0.1, -0.05) is 36.8 Å². The number of aryl methyl sites for hydroxylation is 1. The van der Waals surface area contributed by atoms with Crippen molar-refractivity contribution in [3.05, 3.63) is 65.2 Å². The van der Waals surface area contributed by atoms with Gasteiger partial charge in [0.15, 0.2) is 0 Å². The van der Waals surface area contributed by atoms with Crippen LogP contribution < -0.4 is 10.2 Å². The maximum Gasteiger partial charge on any atom is 0.254 e. The van der Waals surface area contributed by atoms with Crippen LogP contribution >= 0.6 is 0 Å². The molecule has 1 N–H and O–H groups in total. The number of hydrogen-bond acceptors (Lipinski definition) is 3. The minimum atomic E-state index is -0.324. The summed E-state index contributed by atoms with van der Waals surface area (Å²) in [5, 5.41) is 2.94. The van der Waals surface area contributed by atoms with E-state index in [4.69, 9.17) is 0 Å². The molecule has 2 aliphatic heterocycles. The van der Waals surface area contributed by atoms with E-state index in [9.17, 15) is 9.59 Å². The van der Waals surface area contributed by atoms with E-state index in [1.807, 2.05) is 24.3 Å². The third-order valence-electron chi connectivity index (χ3n) is 6.43. The van der Waals surface area contributed by atoms with Crippen molar-refractivity contribution in [2.24, 2.45) is 11.8 Å². The van der Waals surface area contributed by atoms with Gasteiger partial charge in [-0.3, -0.25) is 9.59 Å². The van der Waals surface area contributed by atoms with Crippen LogP contribution in [-0.2, 0) is 11.3 Å². The maximum absolute atomic E-state index is 13.1. The number of benzene rings is 2. The van der Waals surface area contributed by atoms with E-state index in [0.29, 0.717) is 24.6 Å².